The fourth-order valence-electron chi connectivity index (χ4n) is 0.290. The number of hydrogen-bond acceptors (Lipinski definition) is 3. The summed E-state index contributed by atoms with van der Waals surface area (Å²) in [4.78, 5) is 9.71. The zero-order chi connectivity index (χ0) is 6.41. The first-order valence-corrected chi connectivity index (χ1v) is 2.23. The topological polar surface area (TPSA) is 41.8 Å². The Morgan fingerprint density at radius 1 is 1.62 bits per heavy atom. The van der Waals surface area contributed by atoms with E-state index in [1.54, 1.807) is 14.0 Å². The summed E-state index contributed by atoms with van der Waals surface area (Å²) in [7, 11) is 1.56. The summed E-state index contributed by atoms with van der Waals surface area (Å²) in [5, 5.41) is 7.02. The maximum Gasteiger partial charge on any atom is 0.144 e. The van der Waals surface area contributed by atoms with Crippen molar-refractivity contribution in [2.24, 2.45) is 10.2 Å². The van der Waals surface area contributed by atoms with Crippen molar-refractivity contribution in [1.82, 2.24) is 0 Å². The zero-order valence-corrected chi connectivity index (χ0v) is 4.96. The van der Waals surface area contributed by atoms with Crippen LogP contribution in [0.2, 0.25) is 0 Å². The highest BCUT2D eigenvalue weighted by Gasteiger charge is 1.76. The van der Waals surface area contributed by atoms with Crippen LogP contribution >= 0.6 is 0 Å². The van der Waals surface area contributed by atoms with Gasteiger partial charge in [-0.05, 0) is 6.92 Å². The van der Waals surface area contributed by atoms with Gasteiger partial charge < -0.3 is 0 Å². The van der Waals surface area contributed by atoms with Gasteiger partial charge in [-0.15, -0.1) is 0 Å². The Labute approximate surface area is 48.1 Å². The molecule has 0 N–H and O–H groups in total. The molecule has 0 saturated carbocycles. The molecule has 0 aliphatic carbocycles. The third-order valence-corrected chi connectivity index (χ3v) is 0.567. The van der Waals surface area contributed by atoms with Gasteiger partial charge in [-0.2, -0.15) is 10.2 Å². The Hall–Kier alpha value is -0.990. The van der Waals surface area contributed by atoms with Crippen LogP contribution < -0.4 is 0 Å². The highest BCUT2D eigenvalue weighted by Crippen LogP contribution is 1.90. The summed E-state index contributed by atoms with van der Waals surface area (Å²) in [5.74, 6) is 0. The molecule has 3 nitrogen and oxygen atoms in total. The quantitative estimate of drug-likeness (QED) is 0.300. The fourth-order valence-corrected chi connectivity index (χ4v) is 0.290. The lowest BCUT2D eigenvalue weighted by molar-refractivity contribution is -0.104. The van der Waals surface area contributed by atoms with Gasteiger partial charge in [-0.3, -0.25) is 4.79 Å². The van der Waals surface area contributed by atoms with E-state index in [0.717, 1.165) is 0 Å². The van der Waals surface area contributed by atoms with Crippen molar-refractivity contribution in [1.29, 1.82) is 0 Å². The predicted molar refractivity (Wildman–Crippen MR) is 30.6 cm³/mol. The lowest BCUT2D eigenvalue weighted by Crippen LogP contribution is -1.67. The molecular formula is C5H8N2O. The van der Waals surface area contributed by atoms with Crippen molar-refractivity contribution in [2.75, 3.05) is 7.05 Å². The van der Waals surface area contributed by atoms with Gasteiger partial charge >= 0.3 is 0 Å². The van der Waals surface area contributed by atoms with Gasteiger partial charge in [0.1, 0.15) is 6.29 Å². The maximum absolute atomic E-state index is 9.71. The van der Waals surface area contributed by atoms with Crippen LogP contribution in [0.15, 0.2) is 22.0 Å². The summed E-state index contributed by atoms with van der Waals surface area (Å²) in [6, 6.07) is 0. The molecule has 0 aromatic heterocycles. The second kappa shape index (κ2) is 4.18. The molecule has 0 rings (SSSR count). The van der Waals surface area contributed by atoms with Crippen LogP contribution in [0, 0.1) is 0 Å². The summed E-state index contributed by atoms with van der Waals surface area (Å²) in [6.07, 6.45) is 2.04. The Morgan fingerprint density at radius 3 is 2.62 bits per heavy atom. The first kappa shape index (κ1) is 7.01. The minimum absolute atomic E-state index is 0.627. The molecule has 0 aromatic carbocycles. The average molecular weight is 112 g/mol. The Bertz CT molecular complexity index is 126. The van der Waals surface area contributed by atoms with Crippen molar-refractivity contribution in [3.05, 3.63) is 11.8 Å². The number of carbonyl (C=O) groups is 1. The van der Waals surface area contributed by atoms with E-state index in [4.69, 9.17) is 0 Å². The van der Waals surface area contributed by atoms with Crippen molar-refractivity contribution < 1.29 is 4.79 Å². The average Bonchev–Trinajstić information content (AvgIpc) is 1.68. The van der Waals surface area contributed by atoms with Crippen LogP contribution in [0.1, 0.15) is 6.92 Å². The Balaban J connectivity index is 3.79. The second-order valence-corrected chi connectivity index (χ2v) is 1.24. The molecule has 44 valence electrons. The number of rotatable bonds is 2. The summed E-state index contributed by atoms with van der Waals surface area (Å²) < 4.78 is 0. The monoisotopic (exact) mass is 112 g/mol. The van der Waals surface area contributed by atoms with E-state index in [1.165, 1.54) is 6.08 Å². The number of allylic oxidation sites excluding steroid dienone is 2. The largest absolute Gasteiger partial charge is 0.298 e. The number of hydrogen-bond donors (Lipinski definition) is 0. The maximum atomic E-state index is 9.71. The van der Waals surface area contributed by atoms with Crippen LogP contribution in [-0.4, -0.2) is 13.3 Å². The highest BCUT2D eigenvalue weighted by molar-refractivity contribution is 5.65. The molecule has 0 atom stereocenters. The van der Waals surface area contributed by atoms with Gasteiger partial charge in [-0.25, -0.2) is 0 Å². The molecule has 0 radical (unpaired) electrons. The standard InChI is InChI=1S/C5H8N2O/c1-5(3-4-8)7-6-2/h3-4H,1-2H3/b5-3+,7-6+. The van der Waals surface area contributed by atoms with Crippen LogP contribution in [0.5, 0.6) is 0 Å². The van der Waals surface area contributed by atoms with Crippen LogP contribution in [-0.2, 0) is 4.79 Å². The van der Waals surface area contributed by atoms with Gasteiger partial charge in [0.2, 0.25) is 0 Å². The highest BCUT2D eigenvalue weighted by atomic mass is 16.1. The number of nitrogens with zero attached hydrogens (tertiary/aromatic N) is 2. The van der Waals surface area contributed by atoms with E-state index >= 15 is 0 Å². The molecule has 0 heterocycles. The van der Waals surface area contributed by atoms with Gasteiger partial charge in [-0.1, -0.05) is 0 Å². The molecule has 0 bridgehead atoms. The van der Waals surface area contributed by atoms with E-state index in [9.17, 15) is 4.79 Å². The van der Waals surface area contributed by atoms with Crippen molar-refractivity contribution in [2.45, 2.75) is 6.92 Å². The molecule has 0 unspecified atom stereocenters. The van der Waals surface area contributed by atoms with Crippen LogP contribution in [0.25, 0.3) is 0 Å². The number of aldehydes is 1. The second-order valence-electron chi connectivity index (χ2n) is 1.24. The number of azo groups is 1. The molecular weight excluding hydrogens is 104 g/mol. The Kier molecular flexibility index (Phi) is 3.66. The minimum Gasteiger partial charge on any atom is -0.298 e. The lowest BCUT2D eigenvalue weighted by atomic mass is 10.5. The molecule has 0 fully saturated rings. The SMILES string of the molecule is C/N=N/C(C)=C/C=O. The van der Waals surface area contributed by atoms with Crippen LogP contribution in [0.4, 0.5) is 0 Å². The Morgan fingerprint density at radius 2 is 2.25 bits per heavy atom. The van der Waals surface area contributed by atoms with Gasteiger partial charge in [0.25, 0.3) is 0 Å². The van der Waals surface area contributed by atoms with E-state index in [-0.39, 0.29) is 0 Å². The van der Waals surface area contributed by atoms with Crippen LogP contribution in [0.3, 0.4) is 0 Å². The molecule has 8 heavy (non-hydrogen) atoms. The van der Waals surface area contributed by atoms with E-state index in [0.29, 0.717) is 12.0 Å². The summed E-state index contributed by atoms with van der Waals surface area (Å²) in [6.45, 7) is 1.71. The normalized spacial score (nSPS) is 12.5. The molecule has 0 amide bonds. The lowest BCUT2D eigenvalue weighted by Gasteiger charge is -1.79. The first-order chi connectivity index (χ1) is 3.81. The summed E-state index contributed by atoms with van der Waals surface area (Å²) in [5.41, 5.74) is 0.627. The minimum atomic E-state index is 0.627. The van der Waals surface area contributed by atoms with E-state index in [1.807, 2.05) is 0 Å². The van der Waals surface area contributed by atoms with Crippen molar-refractivity contribution >= 4 is 6.29 Å². The van der Waals surface area contributed by atoms with Gasteiger partial charge in [0.15, 0.2) is 0 Å². The van der Waals surface area contributed by atoms with Crippen molar-refractivity contribution in [3.8, 4) is 0 Å². The predicted octanol–water partition coefficient (Wildman–Crippen LogP) is 1.17. The third kappa shape index (κ3) is 3.21. The molecule has 0 aliphatic heterocycles. The third-order valence-electron chi connectivity index (χ3n) is 0.567. The number of carbonyl (C=O) groups excluding carboxylic acids is 1. The molecule has 3 heteroatoms. The molecule has 0 spiro atoms. The van der Waals surface area contributed by atoms with Gasteiger partial charge in [0.05, 0.1) is 5.70 Å². The van der Waals surface area contributed by atoms with Gasteiger partial charge in [0, 0.05) is 13.1 Å². The molecule has 0 aliphatic rings. The van der Waals surface area contributed by atoms with E-state index < -0.39 is 0 Å². The zero-order valence-electron chi connectivity index (χ0n) is 4.96. The fraction of sp³-hybridized carbons (Fsp3) is 0.400. The molecule has 0 aromatic rings. The smallest absolute Gasteiger partial charge is 0.144 e. The molecule has 0 saturated heterocycles. The first-order valence-electron chi connectivity index (χ1n) is 2.23. The van der Waals surface area contributed by atoms with Crippen molar-refractivity contribution in [3.63, 3.8) is 0 Å². The van der Waals surface area contributed by atoms with E-state index in [2.05, 4.69) is 10.2 Å². The summed E-state index contributed by atoms with van der Waals surface area (Å²) >= 11 is 0.